The molecule has 0 bridgehead atoms. The van der Waals surface area contributed by atoms with E-state index in [-0.39, 0.29) is 0 Å². The number of aryl methyl sites for hydroxylation is 2. The van der Waals surface area contributed by atoms with Crippen molar-refractivity contribution in [2.45, 2.75) is 39.0 Å². The van der Waals surface area contributed by atoms with Crippen LogP contribution in [-0.4, -0.2) is 37.9 Å². The van der Waals surface area contributed by atoms with Crippen LogP contribution in [0.3, 0.4) is 0 Å². The Kier molecular flexibility index (Phi) is 3.60. The van der Waals surface area contributed by atoms with Gasteiger partial charge in [0.2, 0.25) is 0 Å². The van der Waals surface area contributed by atoms with Gasteiger partial charge in [-0.05, 0) is 19.4 Å². The second kappa shape index (κ2) is 5.54. The predicted molar refractivity (Wildman–Crippen MR) is 73.2 cm³/mol. The van der Waals surface area contributed by atoms with Crippen LogP contribution < -0.4 is 5.32 Å². The zero-order chi connectivity index (χ0) is 13.9. The highest BCUT2D eigenvalue weighted by Gasteiger charge is 2.21. The summed E-state index contributed by atoms with van der Waals surface area (Å²) in [5.41, 5.74) is 0. The molecule has 1 atom stereocenters. The first kappa shape index (κ1) is 13.0. The largest absolute Gasteiger partial charge is 0.377 e. The molecule has 1 N–H and O–H groups in total. The minimum absolute atomic E-state index is 0.314. The Labute approximate surface area is 117 Å². The van der Waals surface area contributed by atoms with Crippen molar-refractivity contribution >= 4 is 5.82 Å². The smallest absolute Gasteiger partial charge is 0.176 e. The number of fused-ring (bicyclic) bond motifs is 1. The van der Waals surface area contributed by atoms with E-state index < -0.39 is 0 Å². The Hall–Kier alpha value is -2.02. The molecule has 0 saturated carbocycles. The molecule has 7 heteroatoms. The van der Waals surface area contributed by atoms with Crippen molar-refractivity contribution in [1.82, 2.24) is 24.7 Å². The van der Waals surface area contributed by atoms with Crippen molar-refractivity contribution in [1.29, 1.82) is 0 Å². The van der Waals surface area contributed by atoms with Crippen LogP contribution in [0.4, 0.5) is 5.82 Å². The fraction of sp³-hybridized carbons (Fsp3) is 0.538. The lowest BCUT2D eigenvalue weighted by atomic mass is 10.1. The van der Waals surface area contributed by atoms with Crippen LogP contribution in [-0.2, 0) is 24.3 Å². The van der Waals surface area contributed by atoms with E-state index in [1.54, 1.807) is 13.3 Å². The zero-order valence-electron chi connectivity index (χ0n) is 11.7. The first-order valence-electron chi connectivity index (χ1n) is 6.72. The lowest BCUT2D eigenvalue weighted by molar-refractivity contribution is 0.177. The second-order valence-corrected chi connectivity index (χ2v) is 4.93. The summed E-state index contributed by atoms with van der Waals surface area (Å²) < 4.78 is 7.03. The van der Waals surface area contributed by atoms with Gasteiger partial charge in [-0.2, -0.15) is 5.10 Å². The molecule has 1 unspecified atom stereocenters. The topological polar surface area (TPSA) is 77.8 Å². The molecule has 20 heavy (non-hydrogen) atoms. The summed E-state index contributed by atoms with van der Waals surface area (Å²) in [6, 6.07) is 2.20. The van der Waals surface area contributed by atoms with E-state index in [9.17, 15) is 0 Å². The fourth-order valence-corrected chi connectivity index (χ4v) is 2.41. The highest BCUT2D eigenvalue weighted by atomic mass is 16.5. The molecule has 0 radical (unpaired) electrons. The molecular weight excluding hydrogens is 256 g/mol. The van der Waals surface area contributed by atoms with Crippen LogP contribution in [0.5, 0.6) is 0 Å². The van der Waals surface area contributed by atoms with Gasteiger partial charge in [-0.1, -0.05) is 0 Å². The van der Waals surface area contributed by atoms with Crippen molar-refractivity contribution in [3.8, 4) is 0 Å². The fourth-order valence-electron chi connectivity index (χ4n) is 2.41. The Morgan fingerprint density at radius 1 is 1.45 bits per heavy atom. The number of aromatic nitrogens is 5. The van der Waals surface area contributed by atoms with E-state index >= 15 is 0 Å². The maximum absolute atomic E-state index is 5.07. The molecule has 3 heterocycles. The Morgan fingerprint density at radius 3 is 3.15 bits per heavy atom. The molecule has 1 aliphatic heterocycles. The van der Waals surface area contributed by atoms with E-state index in [0.717, 1.165) is 42.7 Å². The molecule has 106 valence electrons. The normalized spacial score (nSPS) is 17.8. The summed E-state index contributed by atoms with van der Waals surface area (Å²) >= 11 is 0. The Bertz CT molecular complexity index is 596. The van der Waals surface area contributed by atoms with Crippen LogP contribution >= 0.6 is 0 Å². The van der Waals surface area contributed by atoms with Crippen molar-refractivity contribution in [3.63, 3.8) is 0 Å². The number of nitrogens with zero attached hydrogens (tertiary/aromatic N) is 5. The van der Waals surface area contributed by atoms with Gasteiger partial charge in [0.25, 0.3) is 0 Å². The maximum Gasteiger partial charge on any atom is 0.176 e. The van der Waals surface area contributed by atoms with Crippen molar-refractivity contribution in [3.05, 3.63) is 29.7 Å². The van der Waals surface area contributed by atoms with Crippen LogP contribution in [0.2, 0.25) is 0 Å². The first-order valence-corrected chi connectivity index (χ1v) is 6.72. The molecule has 0 aromatic carbocycles. The van der Waals surface area contributed by atoms with Crippen molar-refractivity contribution < 1.29 is 4.74 Å². The van der Waals surface area contributed by atoms with Gasteiger partial charge in [-0.3, -0.25) is 0 Å². The van der Waals surface area contributed by atoms with Crippen molar-refractivity contribution in [2.75, 3.05) is 12.4 Å². The second-order valence-electron chi connectivity index (χ2n) is 4.93. The number of rotatable bonds is 4. The van der Waals surface area contributed by atoms with Gasteiger partial charge in [-0.15, -0.1) is 0 Å². The van der Waals surface area contributed by atoms with Gasteiger partial charge >= 0.3 is 0 Å². The predicted octanol–water partition coefficient (Wildman–Crippen LogP) is 0.950. The third-order valence-corrected chi connectivity index (χ3v) is 3.30. The number of hydrogen-bond acceptors (Lipinski definition) is 6. The van der Waals surface area contributed by atoms with Crippen LogP contribution in [0.25, 0.3) is 0 Å². The Morgan fingerprint density at radius 2 is 2.35 bits per heavy atom. The SMILES string of the molecule is COCc1nc2n(n1)CC(Nc1ccnc(C)n1)CC2. The molecule has 2 aromatic rings. The summed E-state index contributed by atoms with van der Waals surface area (Å²) in [5, 5.41) is 7.89. The quantitative estimate of drug-likeness (QED) is 0.894. The van der Waals surface area contributed by atoms with E-state index in [0.29, 0.717) is 12.6 Å². The average molecular weight is 274 g/mol. The molecule has 0 fully saturated rings. The lowest BCUT2D eigenvalue weighted by Gasteiger charge is -2.23. The van der Waals surface area contributed by atoms with Crippen molar-refractivity contribution in [2.24, 2.45) is 0 Å². The zero-order valence-corrected chi connectivity index (χ0v) is 11.7. The number of ether oxygens (including phenoxy) is 1. The summed E-state index contributed by atoms with van der Waals surface area (Å²) in [7, 11) is 1.65. The molecule has 0 saturated heterocycles. The molecular formula is C13H18N6O. The van der Waals surface area contributed by atoms with Gasteiger partial charge in [-0.25, -0.2) is 19.6 Å². The van der Waals surface area contributed by atoms with Gasteiger partial charge in [0, 0.05) is 25.8 Å². The van der Waals surface area contributed by atoms with Gasteiger partial charge in [0.15, 0.2) is 5.82 Å². The molecule has 0 aliphatic carbocycles. The standard InChI is InChI=1S/C13H18N6O/c1-9-14-6-5-11(15-9)16-10-3-4-13-17-12(8-20-2)18-19(13)7-10/h5-6,10H,3-4,7-8H2,1-2H3,(H,14,15,16). The Balaban J connectivity index is 1.69. The minimum atomic E-state index is 0.314. The third-order valence-electron chi connectivity index (χ3n) is 3.30. The molecule has 7 nitrogen and oxygen atoms in total. The lowest BCUT2D eigenvalue weighted by Crippen LogP contribution is -2.32. The van der Waals surface area contributed by atoms with Crippen LogP contribution in [0, 0.1) is 6.92 Å². The molecule has 2 aromatic heterocycles. The summed E-state index contributed by atoms with van der Waals surface area (Å²) in [6.45, 7) is 3.15. The molecule has 0 spiro atoms. The first-order chi connectivity index (χ1) is 9.74. The molecule has 3 rings (SSSR count). The van der Waals surface area contributed by atoms with Gasteiger partial charge in [0.1, 0.15) is 24.1 Å². The van der Waals surface area contributed by atoms with E-state index in [4.69, 9.17) is 4.74 Å². The summed E-state index contributed by atoms with van der Waals surface area (Å²) in [4.78, 5) is 12.9. The van der Waals surface area contributed by atoms with Gasteiger partial charge < -0.3 is 10.1 Å². The van der Waals surface area contributed by atoms with E-state index in [1.807, 2.05) is 17.7 Å². The highest BCUT2D eigenvalue weighted by Crippen LogP contribution is 2.16. The molecule has 0 amide bonds. The number of anilines is 1. The molecule has 1 aliphatic rings. The minimum Gasteiger partial charge on any atom is -0.377 e. The van der Waals surface area contributed by atoms with E-state index in [2.05, 4.69) is 25.4 Å². The number of nitrogens with one attached hydrogen (secondary N) is 1. The monoisotopic (exact) mass is 274 g/mol. The highest BCUT2D eigenvalue weighted by molar-refractivity contribution is 5.34. The summed E-state index contributed by atoms with van der Waals surface area (Å²) in [5.74, 6) is 3.42. The number of methoxy groups -OCH3 is 1. The number of hydrogen-bond donors (Lipinski definition) is 1. The summed E-state index contributed by atoms with van der Waals surface area (Å²) in [6.07, 6.45) is 3.71. The van der Waals surface area contributed by atoms with Crippen LogP contribution in [0.1, 0.15) is 23.9 Å². The maximum atomic E-state index is 5.07. The van der Waals surface area contributed by atoms with Gasteiger partial charge in [0.05, 0.1) is 6.54 Å². The van der Waals surface area contributed by atoms with E-state index in [1.165, 1.54) is 0 Å². The third kappa shape index (κ3) is 2.77. The van der Waals surface area contributed by atoms with Crippen LogP contribution in [0.15, 0.2) is 12.3 Å². The average Bonchev–Trinajstić information content (AvgIpc) is 2.81.